The number of rotatable bonds is 16. The second-order valence-corrected chi connectivity index (χ2v) is 15.1. The van der Waals surface area contributed by atoms with Crippen molar-refractivity contribution in [1.82, 2.24) is 26.0 Å². The van der Waals surface area contributed by atoms with Crippen LogP contribution in [0.1, 0.15) is 76.7 Å². The summed E-state index contributed by atoms with van der Waals surface area (Å²) in [5.74, 6) is -1.26. The number of anilines is 1. The third-order valence-corrected chi connectivity index (χ3v) is 10.9. The normalized spacial score (nSPS) is 15.8. The Hall–Kier alpha value is -5.64. The number of carbonyl (C=O) groups is 3. The molecule has 0 saturated carbocycles. The van der Waals surface area contributed by atoms with E-state index in [-0.39, 0.29) is 54.4 Å². The Labute approximate surface area is 321 Å². The molecule has 0 aliphatic carbocycles. The van der Waals surface area contributed by atoms with Crippen LogP contribution in [0.4, 0.5) is 11.4 Å². The first-order chi connectivity index (χ1) is 26.3. The highest BCUT2D eigenvalue weighted by molar-refractivity contribution is 7.90. The summed E-state index contributed by atoms with van der Waals surface area (Å²) in [6, 6.07) is 28.2. The van der Waals surface area contributed by atoms with Crippen LogP contribution in [0.5, 0.6) is 0 Å². The summed E-state index contributed by atoms with van der Waals surface area (Å²) in [6.45, 7) is 6.07. The molecule has 1 fully saturated rings. The van der Waals surface area contributed by atoms with Crippen LogP contribution in [-0.2, 0) is 26.3 Å². The summed E-state index contributed by atoms with van der Waals surface area (Å²) in [4.78, 5) is 57.7. The van der Waals surface area contributed by atoms with Crippen molar-refractivity contribution in [2.24, 2.45) is 0 Å². The third-order valence-electron chi connectivity index (χ3n) is 9.34. The summed E-state index contributed by atoms with van der Waals surface area (Å²) in [6.07, 6.45) is 0.958. The van der Waals surface area contributed by atoms with E-state index in [9.17, 15) is 27.7 Å². The summed E-state index contributed by atoms with van der Waals surface area (Å²) in [5.41, 5.74) is 3.36. The zero-order valence-corrected chi connectivity index (χ0v) is 32.1. The van der Waals surface area contributed by atoms with E-state index in [1.165, 1.54) is 29.6 Å². The molecule has 4 aromatic carbocycles. The van der Waals surface area contributed by atoms with Gasteiger partial charge in [-0.3, -0.25) is 18.7 Å². The Morgan fingerprint density at radius 3 is 2.00 bits per heavy atom. The van der Waals surface area contributed by atoms with E-state index in [4.69, 9.17) is 0 Å². The molecule has 4 atom stereocenters. The van der Waals surface area contributed by atoms with Crippen molar-refractivity contribution < 1.29 is 32.6 Å². The molecule has 1 aliphatic rings. The van der Waals surface area contributed by atoms with E-state index >= 15 is 0 Å². The second kappa shape index (κ2) is 18.6. The zero-order valence-electron chi connectivity index (χ0n) is 31.3. The summed E-state index contributed by atoms with van der Waals surface area (Å²) in [5, 5.41) is 12.2. The van der Waals surface area contributed by atoms with Crippen molar-refractivity contribution in [2.75, 3.05) is 31.0 Å². The van der Waals surface area contributed by atoms with E-state index in [2.05, 4.69) is 30.8 Å². The van der Waals surface area contributed by atoms with Gasteiger partial charge in [-0.25, -0.2) is 4.84 Å². The van der Waals surface area contributed by atoms with Crippen LogP contribution in [0.2, 0.25) is 0 Å². The topological polar surface area (TPSA) is 178 Å². The fourth-order valence-electron chi connectivity index (χ4n) is 6.18. The van der Waals surface area contributed by atoms with Crippen LogP contribution in [0.25, 0.3) is 0 Å². The van der Waals surface area contributed by atoms with Gasteiger partial charge in [-0.05, 0) is 80.6 Å². The van der Waals surface area contributed by atoms with Crippen LogP contribution < -0.4 is 30.3 Å². The number of nitrogens with one attached hydrogen (secondary N) is 5. The highest BCUT2D eigenvalue weighted by Gasteiger charge is 2.28. The third kappa shape index (κ3) is 11.0. The first-order valence-corrected chi connectivity index (χ1v) is 19.6. The van der Waals surface area contributed by atoms with Gasteiger partial charge >= 0.3 is 15.9 Å². The summed E-state index contributed by atoms with van der Waals surface area (Å²) >= 11 is 0. The van der Waals surface area contributed by atoms with E-state index in [0.717, 1.165) is 16.7 Å². The molecule has 5 rings (SSSR count). The molecule has 1 saturated heterocycles. The molecule has 4 aromatic rings. The number of hydrogen-bond donors (Lipinski definition) is 5. The summed E-state index contributed by atoms with van der Waals surface area (Å²) < 4.78 is 29.8. The van der Waals surface area contributed by atoms with E-state index in [0.29, 0.717) is 23.5 Å². The van der Waals surface area contributed by atoms with Gasteiger partial charge in [0.05, 0.1) is 28.7 Å². The van der Waals surface area contributed by atoms with Crippen LogP contribution in [-0.4, -0.2) is 69.9 Å². The molecule has 0 radical (unpaired) electrons. The van der Waals surface area contributed by atoms with Gasteiger partial charge in [0.15, 0.2) is 7.11 Å². The van der Waals surface area contributed by atoms with Gasteiger partial charge in [0.25, 0.3) is 16.7 Å². The lowest BCUT2D eigenvalue weighted by atomic mass is 10.0. The molecule has 55 heavy (non-hydrogen) atoms. The number of carbonyl (C=O) groups excluding carboxylic acids is 3. The molecule has 0 spiro atoms. The molecule has 290 valence electrons. The Kier molecular flexibility index (Phi) is 13.7. The van der Waals surface area contributed by atoms with Crippen LogP contribution >= 0.6 is 0 Å². The largest absolute Gasteiger partial charge is 0.348 e. The van der Waals surface area contributed by atoms with Crippen LogP contribution in [0.15, 0.2) is 103 Å². The van der Waals surface area contributed by atoms with Crippen molar-refractivity contribution in [2.45, 2.75) is 57.8 Å². The smallest absolute Gasteiger partial charge is 0.316 e. The quantitative estimate of drug-likeness (QED) is 0.104. The predicted molar refractivity (Wildman–Crippen MR) is 210 cm³/mol. The molecule has 0 aromatic heterocycles. The lowest BCUT2D eigenvalue weighted by Gasteiger charge is -2.29. The Morgan fingerprint density at radius 2 is 1.38 bits per heavy atom. The molecule has 0 unspecified atom stereocenters. The van der Waals surface area contributed by atoms with Crippen molar-refractivity contribution in [3.05, 3.63) is 136 Å². The Balaban J connectivity index is 1.34. The maximum Gasteiger partial charge on any atom is 0.316 e. The van der Waals surface area contributed by atoms with E-state index in [1.54, 1.807) is 31.2 Å². The molecule has 14 nitrogen and oxygen atoms in total. The minimum atomic E-state index is -3.90. The highest BCUT2D eigenvalue weighted by Crippen LogP contribution is 2.25. The molecular formula is C40H48N7O7S+. The number of amides is 3. The molecular weight excluding hydrogens is 723 g/mol. The number of nitrogens with zero attached hydrogens (tertiary/aromatic N) is 2. The van der Waals surface area contributed by atoms with Gasteiger partial charge in [0.1, 0.15) is 0 Å². The van der Waals surface area contributed by atoms with Gasteiger partial charge in [-0.2, -0.15) is 13.1 Å². The predicted octanol–water partition coefficient (Wildman–Crippen LogP) is 4.39. The lowest BCUT2D eigenvalue weighted by Crippen LogP contribution is -2.50. The zero-order chi connectivity index (χ0) is 39.5. The molecule has 0 bridgehead atoms. The van der Waals surface area contributed by atoms with E-state index in [1.807, 2.05) is 74.5 Å². The molecule has 1 aliphatic heterocycles. The molecule has 5 N–H and O–H groups in total. The van der Waals surface area contributed by atoms with Crippen molar-refractivity contribution in [3.8, 4) is 0 Å². The molecule has 15 heteroatoms. The minimum absolute atomic E-state index is 0.102. The monoisotopic (exact) mass is 770 g/mol. The van der Waals surface area contributed by atoms with Gasteiger partial charge < -0.3 is 21.3 Å². The summed E-state index contributed by atoms with van der Waals surface area (Å²) in [7, 11) is -2.62. The van der Waals surface area contributed by atoms with Gasteiger partial charge in [0, 0.05) is 48.9 Å². The first kappa shape index (κ1) is 40.5. The van der Waals surface area contributed by atoms with Crippen molar-refractivity contribution in [3.63, 3.8) is 0 Å². The fraction of sp³-hybridized carbons (Fsp3) is 0.325. The van der Waals surface area contributed by atoms with Gasteiger partial charge in [0.2, 0.25) is 5.91 Å². The average molecular weight is 771 g/mol. The Bertz CT molecular complexity index is 2070. The number of benzene rings is 4. The van der Waals surface area contributed by atoms with Crippen LogP contribution in [0.3, 0.4) is 0 Å². The standard InChI is InChI=1S/C40H47N7O7S/c1-27(31-14-9-6-10-15-31)44-39(49)33-23-34(25-37(24-33)46-21-11-20-42-55(46,52)53)40(50)45-35(22-30-12-7-5-8-13-30)26-41-29(3)38(48)43-28(2)32-16-18-36(19-17-32)47(51)54-4/h5-10,12-19,23-25,27-29,35,41-42H,11,20-22,26H2,1-4H3,(H2-,43,44,45,48,49,50)/p+1/t27-,28-,29+,35+/m1/s1. The Morgan fingerprint density at radius 1 is 0.800 bits per heavy atom. The minimum Gasteiger partial charge on any atom is -0.348 e. The first-order valence-electron chi connectivity index (χ1n) is 18.1. The highest BCUT2D eigenvalue weighted by atomic mass is 32.2. The van der Waals surface area contributed by atoms with Crippen molar-refractivity contribution >= 4 is 39.3 Å². The van der Waals surface area contributed by atoms with Crippen LogP contribution in [0, 0.1) is 4.91 Å². The van der Waals surface area contributed by atoms with Crippen molar-refractivity contribution in [1.29, 1.82) is 0 Å². The molecule has 1 heterocycles. The maximum absolute atomic E-state index is 14.1. The van der Waals surface area contributed by atoms with Gasteiger partial charge in [-0.15, -0.1) is 0 Å². The SMILES string of the molecule is CO[N+](=O)c1ccc([C@@H](C)NC(=O)[C@H](C)NC[C@H](Cc2ccccc2)NC(=O)c2cc(C(=O)N[C@H](C)c3ccccc3)cc(N3CCCNS3(=O)=O)c2)cc1. The molecule has 3 amide bonds. The van der Waals surface area contributed by atoms with Gasteiger partial charge in [-0.1, -0.05) is 60.7 Å². The maximum atomic E-state index is 14.1. The number of hydrogen-bond acceptors (Lipinski definition) is 8. The van der Waals surface area contributed by atoms with E-state index < -0.39 is 34.1 Å². The average Bonchev–Trinajstić information content (AvgIpc) is 3.19. The second-order valence-electron chi connectivity index (χ2n) is 13.5. The lowest BCUT2D eigenvalue weighted by molar-refractivity contribution is -0.736. The fourth-order valence-corrected chi connectivity index (χ4v) is 7.49.